The van der Waals surface area contributed by atoms with Crippen LogP contribution in [0.4, 0.5) is 0 Å². The molecule has 0 unspecified atom stereocenters. The number of unbranched alkanes of at least 4 members (excludes halogenated alkanes) is 1. The van der Waals surface area contributed by atoms with E-state index >= 15 is 0 Å². The molecule has 0 radical (unpaired) electrons. The highest BCUT2D eigenvalue weighted by atomic mass is 16.1. The quantitative estimate of drug-likeness (QED) is 0.631. The van der Waals surface area contributed by atoms with E-state index in [0.717, 1.165) is 38.9 Å². The number of aryl methyl sites for hydroxylation is 1. The molecule has 17 heavy (non-hydrogen) atoms. The molecule has 96 valence electrons. The van der Waals surface area contributed by atoms with Gasteiger partial charge in [-0.15, -0.1) is 0 Å². The van der Waals surface area contributed by atoms with E-state index in [1.54, 1.807) is 0 Å². The number of nitrogens with two attached hydrogens (primary N) is 1. The molecule has 1 rings (SSSR count). The molecule has 0 saturated carbocycles. The Hall–Kier alpha value is -1.36. The topological polar surface area (TPSA) is 72.9 Å². The lowest BCUT2D eigenvalue weighted by atomic mass is 10.2. The SMILES string of the molecule is CCCn1cncc1CNCCCCC(N)=O. The van der Waals surface area contributed by atoms with E-state index in [4.69, 9.17) is 5.73 Å². The molecule has 0 bridgehead atoms. The zero-order valence-electron chi connectivity index (χ0n) is 10.5. The number of hydrogen-bond acceptors (Lipinski definition) is 3. The van der Waals surface area contributed by atoms with Gasteiger partial charge >= 0.3 is 0 Å². The molecule has 1 aromatic rings. The van der Waals surface area contributed by atoms with Gasteiger partial charge in [-0.2, -0.15) is 0 Å². The van der Waals surface area contributed by atoms with Crippen LogP contribution in [0.15, 0.2) is 12.5 Å². The number of nitrogens with zero attached hydrogens (tertiary/aromatic N) is 2. The van der Waals surface area contributed by atoms with Crippen molar-refractivity contribution >= 4 is 5.91 Å². The van der Waals surface area contributed by atoms with Gasteiger partial charge in [-0.25, -0.2) is 4.98 Å². The standard InChI is InChI=1S/C12H22N4O/c1-2-7-16-10-15-9-11(16)8-14-6-4-3-5-12(13)17/h9-10,14H,2-8H2,1H3,(H2,13,17). The summed E-state index contributed by atoms with van der Waals surface area (Å²) in [5.74, 6) is -0.217. The van der Waals surface area contributed by atoms with Crippen LogP contribution in [0.25, 0.3) is 0 Å². The first-order chi connectivity index (χ1) is 8.24. The van der Waals surface area contributed by atoms with Crippen LogP contribution < -0.4 is 11.1 Å². The van der Waals surface area contributed by atoms with E-state index in [2.05, 4.69) is 21.8 Å². The molecule has 3 N–H and O–H groups in total. The molecule has 0 aliphatic rings. The summed E-state index contributed by atoms with van der Waals surface area (Å²) in [5.41, 5.74) is 6.28. The van der Waals surface area contributed by atoms with Crippen molar-refractivity contribution in [3.63, 3.8) is 0 Å². The Morgan fingerprint density at radius 3 is 3.06 bits per heavy atom. The lowest BCUT2D eigenvalue weighted by molar-refractivity contribution is -0.118. The lowest BCUT2D eigenvalue weighted by Gasteiger charge is -2.07. The summed E-state index contributed by atoms with van der Waals surface area (Å²) in [7, 11) is 0. The molecule has 0 saturated heterocycles. The maximum absolute atomic E-state index is 10.5. The smallest absolute Gasteiger partial charge is 0.217 e. The normalized spacial score (nSPS) is 10.6. The van der Waals surface area contributed by atoms with Gasteiger partial charge in [-0.3, -0.25) is 4.79 Å². The van der Waals surface area contributed by atoms with E-state index in [-0.39, 0.29) is 5.91 Å². The third-order valence-corrected chi connectivity index (χ3v) is 2.60. The molecule has 0 spiro atoms. The monoisotopic (exact) mass is 238 g/mol. The van der Waals surface area contributed by atoms with Gasteiger partial charge in [-0.1, -0.05) is 6.92 Å². The molecule has 5 nitrogen and oxygen atoms in total. The average Bonchev–Trinajstić information content (AvgIpc) is 2.71. The Balaban J connectivity index is 2.13. The van der Waals surface area contributed by atoms with Crippen molar-refractivity contribution in [2.45, 2.75) is 45.7 Å². The number of aromatic nitrogens is 2. The average molecular weight is 238 g/mol. The first-order valence-corrected chi connectivity index (χ1v) is 6.22. The maximum Gasteiger partial charge on any atom is 0.217 e. The van der Waals surface area contributed by atoms with Crippen LogP contribution >= 0.6 is 0 Å². The first-order valence-electron chi connectivity index (χ1n) is 6.22. The minimum atomic E-state index is -0.217. The molecule has 0 atom stereocenters. The van der Waals surface area contributed by atoms with Crippen molar-refractivity contribution in [2.24, 2.45) is 5.73 Å². The van der Waals surface area contributed by atoms with Crippen LogP contribution in [0.3, 0.4) is 0 Å². The van der Waals surface area contributed by atoms with Crippen molar-refractivity contribution in [2.75, 3.05) is 6.54 Å². The molecule has 0 fully saturated rings. The third-order valence-electron chi connectivity index (χ3n) is 2.60. The summed E-state index contributed by atoms with van der Waals surface area (Å²) < 4.78 is 2.16. The minimum Gasteiger partial charge on any atom is -0.370 e. The van der Waals surface area contributed by atoms with Gasteiger partial charge in [0.15, 0.2) is 0 Å². The van der Waals surface area contributed by atoms with Crippen LogP contribution in [0.5, 0.6) is 0 Å². The number of nitrogens with one attached hydrogen (secondary N) is 1. The van der Waals surface area contributed by atoms with Gasteiger partial charge in [0.2, 0.25) is 5.91 Å². The Labute approximate surface area is 102 Å². The summed E-state index contributed by atoms with van der Waals surface area (Å²) in [6.07, 6.45) is 7.19. The van der Waals surface area contributed by atoms with Crippen LogP contribution in [0.2, 0.25) is 0 Å². The second kappa shape index (κ2) is 7.84. The van der Waals surface area contributed by atoms with Crippen LogP contribution in [0, 0.1) is 0 Å². The van der Waals surface area contributed by atoms with Crippen molar-refractivity contribution in [3.8, 4) is 0 Å². The van der Waals surface area contributed by atoms with Crippen molar-refractivity contribution < 1.29 is 4.79 Å². The fraction of sp³-hybridized carbons (Fsp3) is 0.667. The predicted molar refractivity (Wildman–Crippen MR) is 67.3 cm³/mol. The van der Waals surface area contributed by atoms with Gasteiger partial charge < -0.3 is 15.6 Å². The summed E-state index contributed by atoms with van der Waals surface area (Å²) in [4.78, 5) is 14.7. The Kier molecular flexibility index (Phi) is 6.32. The Bertz CT molecular complexity index is 335. The zero-order valence-corrected chi connectivity index (χ0v) is 10.5. The second-order valence-corrected chi connectivity index (χ2v) is 4.18. The van der Waals surface area contributed by atoms with Crippen molar-refractivity contribution in [1.29, 1.82) is 0 Å². The van der Waals surface area contributed by atoms with Gasteiger partial charge in [-0.05, 0) is 25.8 Å². The van der Waals surface area contributed by atoms with Crippen LogP contribution in [0.1, 0.15) is 38.3 Å². The lowest BCUT2D eigenvalue weighted by Crippen LogP contribution is -2.18. The molecule has 1 aromatic heterocycles. The van der Waals surface area contributed by atoms with E-state index in [9.17, 15) is 4.79 Å². The summed E-state index contributed by atoms with van der Waals surface area (Å²) in [5, 5.41) is 3.35. The third kappa shape index (κ3) is 5.49. The second-order valence-electron chi connectivity index (χ2n) is 4.18. The summed E-state index contributed by atoms with van der Waals surface area (Å²) in [6.45, 7) is 4.90. The van der Waals surface area contributed by atoms with Crippen LogP contribution in [-0.4, -0.2) is 22.0 Å². The van der Waals surface area contributed by atoms with Crippen molar-refractivity contribution in [3.05, 3.63) is 18.2 Å². The van der Waals surface area contributed by atoms with Crippen molar-refractivity contribution in [1.82, 2.24) is 14.9 Å². The maximum atomic E-state index is 10.5. The fourth-order valence-electron chi connectivity index (χ4n) is 1.70. The number of carbonyl (C=O) groups excluding carboxylic acids is 1. The van der Waals surface area contributed by atoms with Gasteiger partial charge in [0.25, 0.3) is 0 Å². The number of carbonyl (C=O) groups is 1. The molecule has 1 heterocycles. The number of amides is 1. The highest BCUT2D eigenvalue weighted by molar-refractivity contribution is 5.73. The summed E-state index contributed by atoms with van der Waals surface area (Å²) >= 11 is 0. The Morgan fingerprint density at radius 2 is 2.35 bits per heavy atom. The van der Waals surface area contributed by atoms with Gasteiger partial charge in [0.05, 0.1) is 12.0 Å². The molecular formula is C12H22N4O. The van der Waals surface area contributed by atoms with Crippen LogP contribution in [-0.2, 0) is 17.9 Å². The molecule has 0 aliphatic heterocycles. The summed E-state index contributed by atoms with van der Waals surface area (Å²) in [6, 6.07) is 0. The van der Waals surface area contributed by atoms with E-state index in [1.807, 2.05) is 12.5 Å². The Morgan fingerprint density at radius 1 is 1.53 bits per heavy atom. The predicted octanol–water partition coefficient (Wildman–Crippen LogP) is 1.04. The molecule has 1 amide bonds. The highest BCUT2D eigenvalue weighted by Crippen LogP contribution is 2.00. The molecule has 0 aliphatic carbocycles. The molecule has 0 aromatic carbocycles. The minimum absolute atomic E-state index is 0.217. The number of imidazole rings is 1. The van der Waals surface area contributed by atoms with E-state index in [0.29, 0.717) is 6.42 Å². The number of rotatable bonds is 9. The largest absolute Gasteiger partial charge is 0.370 e. The number of primary amides is 1. The fourth-order valence-corrected chi connectivity index (χ4v) is 1.70. The van der Waals surface area contributed by atoms with Gasteiger partial charge in [0, 0.05) is 25.7 Å². The first kappa shape index (κ1) is 13.7. The molecule has 5 heteroatoms. The van der Waals surface area contributed by atoms with Gasteiger partial charge in [0.1, 0.15) is 0 Å². The van der Waals surface area contributed by atoms with E-state index < -0.39 is 0 Å². The number of hydrogen-bond donors (Lipinski definition) is 2. The zero-order chi connectivity index (χ0) is 12.5. The van der Waals surface area contributed by atoms with E-state index in [1.165, 1.54) is 5.69 Å². The molecular weight excluding hydrogens is 216 g/mol. The highest BCUT2D eigenvalue weighted by Gasteiger charge is 2.00.